The fourth-order valence-electron chi connectivity index (χ4n) is 2.97. The zero-order chi connectivity index (χ0) is 12.5. The summed E-state index contributed by atoms with van der Waals surface area (Å²) in [4.78, 5) is 24.7. The van der Waals surface area contributed by atoms with E-state index in [1.165, 1.54) is 6.42 Å². The van der Waals surface area contributed by atoms with E-state index in [9.17, 15) is 9.59 Å². The summed E-state index contributed by atoms with van der Waals surface area (Å²) in [6, 6.07) is 0. The normalized spacial score (nSPS) is 32.0. The van der Waals surface area contributed by atoms with Gasteiger partial charge in [0.2, 0.25) is 5.91 Å². The number of β-lactam (4-membered cyclic amide) rings is 1. The van der Waals surface area contributed by atoms with Crippen molar-refractivity contribution < 1.29 is 19.1 Å². The van der Waals surface area contributed by atoms with E-state index in [1.54, 1.807) is 4.90 Å². The molecule has 1 saturated carbocycles. The third kappa shape index (κ3) is 2.23. The molecule has 2 atom stereocenters. The number of carbonyl (C=O) groups excluding carboxylic acids is 2. The Morgan fingerprint density at radius 2 is 2.11 bits per heavy atom. The minimum atomic E-state index is -0.131. The Morgan fingerprint density at radius 1 is 1.33 bits per heavy atom. The molecule has 1 aliphatic carbocycles. The third-order valence-electron chi connectivity index (χ3n) is 4.12. The average Bonchev–Trinajstić information content (AvgIpc) is 2.74. The number of hydrogen-bond donors (Lipinski definition) is 0. The molecule has 3 rings (SSSR count). The molecule has 3 aliphatic rings. The molecule has 2 unspecified atom stereocenters. The lowest BCUT2D eigenvalue weighted by Crippen LogP contribution is -2.48. The minimum absolute atomic E-state index is 0.0594. The first-order chi connectivity index (χ1) is 8.74. The third-order valence-corrected chi connectivity index (χ3v) is 4.12. The molecule has 0 aromatic heterocycles. The number of nitrogens with zero attached hydrogens (tertiary/aromatic N) is 1. The van der Waals surface area contributed by atoms with Crippen LogP contribution in [0.2, 0.25) is 0 Å². The highest BCUT2D eigenvalue weighted by atomic mass is 16.6. The molecule has 0 aromatic carbocycles. The van der Waals surface area contributed by atoms with Gasteiger partial charge in [0.15, 0.2) is 0 Å². The predicted molar refractivity (Wildman–Crippen MR) is 62.5 cm³/mol. The molecule has 18 heavy (non-hydrogen) atoms. The van der Waals surface area contributed by atoms with Crippen molar-refractivity contribution in [3.63, 3.8) is 0 Å². The Balaban J connectivity index is 1.41. The van der Waals surface area contributed by atoms with Gasteiger partial charge in [-0.05, 0) is 12.8 Å². The topological polar surface area (TPSA) is 55.8 Å². The van der Waals surface area contributed by atoms with Gasteiger partial charge in [0.05, 0.1) is 18.9 Å². The van der Waals surface area contributed by atoms with Gasteiger partial charge < -0.3 is 14.4 Å². The zero-order valence-corrected chi connectivity index (χ0v) is 10.5. The summed E-state index contributed by atoms with van der Waals surface area (Å²) in [6.07, 6.45) is 5.69. The van der Waals surface area contributed by atoms with Crippen LogP contribution in [0.5, 0.6) is 0 Å². The van der Waals surface area contributed by atoms with Gasteiger partial charge in [-0.2, -0.15) is 0 Å². The molecule has 100 valence electrons. The fraction of sp³-hybridized carbons (Fsp3) is 0.846. The molecule has 0 spiro atoms. The summed E-state index contributed by atoms with van der Waals surface area (Å²) >= 11 is 0. The molecule has 5 nitrogen and oxygen atoms in total. The Labute approximate surface area is 106 Å². The second-order valence-corrected chi connectivity index (χ2v) is 5.43. The molecule has 1 amide bonds. The fourth-order valence-corrected chi connectivity index (χ4v) is 2.97. The lowest BCUT2D eigenvalue weighted by atomic mass is 9.89. The molecule has 3 fully saturated rings. The van der Waals surface area contributed by atoms with Crippen LogP contribution in [-0.4, -0.2) is 42.3 Å². The molecule has 2 heterocycles. The zero-order valence-electron chi connectivity index (χ0n) is 10.5. The van der Waals surface area contributed by atoms with Crippen LogP contribution in [-0.2, 0) is 19.1 Å². The number of hydrogen-bond acceptors (Lipinski definition) is 4. The SMILES string of the molecule is O=C(OCC1CN2C(=O)CC2O1)C1CCCCC1. The van der Waals surface area contributed by atoms with Crippen molar-refractivity contribution in [2.24, 2.45) is 5.92 Å². The van der Waals surface area contributed by atoms with Crippen molar-refractivity contribution in [1.29, 1.82) is 0 Å². The van der Waals surface area contributed by atoms with Gasteiger partial charge in [-0.25, -0.2) is 0 Å². The molecule has 0 N–H and O–H groups in total. The van der Waals surface area contributed by atoms with Gasteiger partial charge >= 0.3 is 5.97 Å². The number of esters is 1. The average molecular weight is 253 g/mol. The highest BCUT2D eigenvalue weighted by Gasteiger charge is 2.45. The van der Waals surface area contributed by atoms with Gasteiger partial charge in [-0.1, -0.05) is 19.3 Å². The molecule has 5 heteroatoms. The maximum atomic E-state index is 11.8. The van der Waals surface area contributed by atoms with E-state index in [1.807, 2.05) is 0 Å². The number of rotatable bonds is 3. The van der Waals surface area contributed by atoms with Gasteiger partial charge in [0, 0.05) is 0 Å². The van der Waals surface area contributed by atoms with E-state index in [-0.39, 0.29) is 36.7 Å². The highest BCUT2D eigenvalue weighted by molar-refractivity contribution is 5.83. The van der Waals surface area contributed by atoms with Crippen molar-refractivity contribution in [2.75, 3.05) is 13.2 Å². The quantitative estimate of drug-likeness (QED) is 0.557. The first-order valence-corrected chi connectivity index (χ1v) is 6.85. The van der Waals surface area contributed by atoms with E-state index >= 15 is 0 Å². The van der Waals surface area contributed by atoms with Crippen LogP contribution in [0.4, 0.5) is 0 Å². The highest BCUT2D eigenvalue weighted by Crippen LogP contribution is 2.29. The molecule has 0 bridgehead atoms. The van der Waals surface area contributed by atoms with Crippen LogP contribution in [0, 0.1) is 5.92 Å². The van der Waals surface area contributed by atoms with Gasteiger partial charge in [-0.3, -0.25) is 9.59 Å². The van der Waals surface area contributed by atoms with Crippen molar-refractivity contribution in [2.45, 2.75) is 50.9 Å². The Hall–Kier alpha value is -1.10. The lowest BCUT2D eigenvalue weighted by Gasteiger charge is -2.31. The summed E-state index contributed by atoms with van der Waals surface area (Å²) < 4.78 is 10.9. The van der Waals surface area contributed by atoms with Crippen LogP contribution in [0.1, 0.15) is 38.5 Å². The number of amides is 1. The number of carbonyl (C=O) groups is 2. The van der Waals surface area contributed by atoms with E-state index in [0.29, 0.717) is 13.0 Å². The molecule has 0 radical (unpaired) electrons. The Morgan fingerprint density at radius 3 is 2.78 bits per heavy atom. The van der Waals surface area contributed by atoms with Crippen molar-refractivity contribution in [3.05, 3.63) is 0 Å². The largest absolute Gasteiger partial charge is 0.463 e. The molecular formula is C13H19NO4. The van der Waals surface area contributed by atoms with Crippen LogP contribution in [0.15, 0.2) is 0 Å². The van der Waals surface area contributed by atoms with Gasteiger partial charge in [-0.15, -0.1) is 0 Å². The maximum Gasteiger partial charge on any atom is 0.309 e. The second-order valence-electron chi connectivity index (χ2n) is 5.43. The van der Waals surface area contributed by atoms with Crippen LogP contribution >= 0.6 is 0 Å². The Kier molecular flexibility index (Phi) is 3.24. The van der Waals surface area contributed by atoms with Crippen molar-refractivity contribution in [3.8, 4) is 0 Å². The minimum Gasteiger partial charge on any atom is -0.463 e. The van der Waals surface area contributed by atoms with E-state index in [2.05, 4.69) is 0 Å². The molecular weight excluding hydrogens is 234 g/mol. The van der Waals surface area contributed by atoms with Crippen LogP contribution in [0.3, 0.4) is 0 Å². The lowest BCUT2D eigenvalue weighted by molar-refractivity contribution is -0.161. The standard InChI is InChI=1S/C13H19NO4/c15-11-6-12-14(11)7-10(18-12)8-17-13(16)9-4-2-1-3-5-9/h9-10,12H,1-8H2. The predicted octanol–water partition coefficient (Wildman–Crippen LogP) is 1.07. The van der Waals surface area contributed by atoms with Gasteiger partial charge in [0.25, 0.3) is 0 Å². The Bertz CT molecular complexity index is 351. The summed E-state index contributed by atoms with van der Waals surface area (Å²) in [5, 5.41) is 0. The first-order valence-electron chi connectivity index (χ1n) is 6.85. The second kappa shape index (κ2) is 4.88. The van der Waals surface area contributed by atoms with Crippen molar-refractivity contribution in [1.82, 2.24) is 4.90 Å². The van der Waals surface area contributed by atoms with Crippen molar-refractivity contribution >= 4 is 11.9 Å². The molecule has 2 aliphatic heterocycles. The summed E-state index contributed by atoms with van der Waals surface area (Å²) in [6.45, 7) is 0.858. The van der Waals surface area contributed by atoms with E-state index < -0.39 is 0 Å². The summed E-state index contributed by atoms with van der Waals surface area (Å²) in [5.74, 6) is 0.138. The summed E-state index contributed by atoms with van der Waals surface area (Å²) in [7, 11) is 0. The number of ether oxygens (including phenoxy) is 2. The summed E-state index contributed by atoms with van der Waals surface area (Å²) in [5.41, 5.74) is 0. The van der Waals surface area contributed by atoms with Crippen LogP contribution in [0.25, 0.3) is 0 Å². The number of fused-ring (bicyclic) bond motifs is 1. The van der Waals surface area contributed by atoms with E-state index in [0.717, 1.165) is 25.7 Å². The smallest absolute Gasteiger partial charge is 0.309 e. The van der Waals surface area contributed by atoms with Gasteiger partial charge in [0.1, 0.15) is 18.9 Å². The maximum absolute atomic E-state index is 11.8. The molecule has 0 aromatic rings. The van der Waals surface area contributed by atoms with Crippen LogP contribution < -0.4 is 0 Å². The molecule has 2 saturated heterocycles. The first kappa shape index (κ1) is 12.0. The monoisotopic (exact) mass is 253 g/mol. The van der Waals surface area contributed by atoms with E-state index in [4.69, 9.17) is 9.47 Å².